The van der Waals surface area contributed by atoms with Gasteiger partial charge in [-0.25, -0.2) is 0 Å². The van der Waals surface area contributed by atoms with E-state index in [1.165, 1.54) is 45.1 Å². The summed E-state index contributed by atoms with van der Waals surface area (Å²) in [6.07, 6.45) is 12.9. The fourth-order valence-electron chi connectivity index (χ4n) is 10.3. The molecule has 0 bridgehead atoms. The van der Waals surface area contributed by atoms with Gasteiger partial charge in [0.05, 0.1) is 0 Å². The van der Waals surface area contributed by atoms with Crippen molar-refractivity contribution in [2.24, 2.45) is 40.4 Å². The quantitative estimate of drug-likeness (QED) is 0.443. The van der Waals surface area contributed by atoms with E-state index in [0.717, 1.165) is 42.6 Å². The molecule has 4 aliphatic carbocycles. The molecule has 1 saturated heterocycles. The van der Waals surface area contributed by atoms with Crippen LogP contribution in [0.1, 0.15) is 93.4 Å². The molecule has 9 atom stereocenters. The minimum Gasteiger partial charge on any atom is -0.341 e. The minimum absolute atomic E-state index is 0. The van der Waals surface area contributed by atoms with E-state index in [-0.39, 0.29) is 37.2 Å². The molecule has 0 aromatic carbocycles. The van der Waals surface area contributed by atoms with E-state index in [4.69, 9.17) is 0 Å². The van der Waals surface area contributed by atoms with E-state index in [1.807, 2.05) is 25.8 Å². The Labute approximate surface area is 227 Å². The van der Waals surface area contributed by atoms with Crippen LogP contribution in [-0.4, -0.2) is 72.3 Å². The zero-order valence-corrected chi connectivity index (χ0v) is 24.2. The average Bonchev–Trinajstić information content (AvgIpc) is 3.31. The van der Waals surface area contributed by atoms with Crippen molar-refractivity contribution in [2.45, 2.75) is 112 Å². The Balaban J connectivity index is 0.00000320. The SMILES string of the molecule is C.CC(=O)N(C)[C@@H](C(=O)N(C)[C@H]1CC[C@@]2(C)C(=CC[C@@H]3C2CC[C@]24CN(C)[C@@H](C)[C@H]2CC[C@@H]34)C1)C(C)C. The van der Waals surface area contributed by atoms with Crippen LogP contribution in [0.15, 0.2) is 11.6 Å². The lowest BCUT2D eigenvalue weighted by Crippen LogP contribution is -2.55. The molecule has 1 spiro atoms. The number of likely N-dealkylation sites (tertiary alicyclic amines) is 1. The van der Waals surface area contributed by atoms with Gasteiger partial charge in [0.2, 0.25) is 11.8 Å². The van der Waals surface area contributed by atoms with Crippen LogP contribution in [0.5, 0.6) is 0 Å². The van der Waals surface area contributed by atoms with E-state index in [1.54, 1.807) is 24.4 Å². The molecule has 37 heavy (non-hydrogen) atoms. The molecule has 2 amide bonds. The first-order valence-corrected chi connectivity index (χ1v) is 14.8. The highest BCUT2D eigenvalue weighted by Crippen LogP contribution is 2.68. The largest absolute Gasteiger partial charge is 0.341 e. The Morgan fingerprint density at radius 3 is 2.38 bits per heavy atom. The maximum Gasteiger partial charge on any atom is 0.245 e. The summed E-state index contributed by atoms with van der Waals surface area (Å²) in [5.74, 6) is 3.62. The van der Waals surface area contributed by atoms with E-state index in [2.05, 4.69) is 31.9 Å². The zero-order chi connectivity index (χ0) is 26.2. The van der Waals surface area contributed by atoms with Crippen LogP contribution in [0.3, 0.4) is 0 Å². The molecule has 4 fully saturated rings. The van der Waals surface area contributed by atoms with Gasteiger partial charge in [0.15, 0.2) is 0 Å². The zero-order valence-electron chi connectivity index (χ0n) is 24.2. The number of likely N-dealkylation sites (N-methyl/N-ethyl adjacent to an activating group) is 2. The standard InChI is InChI=1S/C31H51N3O2.CH4/c1-19(2)28(33(7)21(4)35)29(36)34(8)23-13-15-30(5)22(17-23)9-10-24-26(30)14-16-31-18-32(6)20(3)25(31)11-12-27(24)31;/h9,19-20,23-28H,10-18H2,1-8H3;1H4/t20-,23-,24+,25+,26?,27-,28+,30-,31-;/m0./s1. The number of amides is 2. The molecule has 5 heteroatoms. The highest BCUT2D eigenvalue weighted by atomic mass is 16.2. The molecular formula is C32H55N3O2. The predicted octanol–water partition coefficient (Wildman–Crippen LogP) is 5.85. The summed E-state index contributed by atoms with van der Waals surface area (Å²) in [5, 5.41) is 0. The normalized spacial score (nSPS) is 41.5. The van der Waals surface area contributed by atoms with Crippen molar-refractivity contribution in [3.8, 4) is 0 Å². The van der Waals surface area contributed by atoms with Crippen molar-refractivity contribution in [1.82, 2.24) is 14.7 Å². The summed E-state index contributed by atoms with van der Waals surface area (Å²) in [4.78, 5) is 32.0. The minimum atomic E-state index is -0.387. The van der Waals surface area contributed by atoms with Gasteiger partial charge in [-0.2, -0.15) is 0 Å². The van der Waals surface area contributed by atoms with Gasteiger partial charge in [0.1, 0.15) is 6.04 Å². The van der Waals surface area contributed by atoms with Gasteiger partial charge < -0.3 is 14.7 Å². The van der Waals surface area contributed by atoms with Crippen LogP contribution in [0.25, 0.3) is 0 Å². The molecule has 0 radical (unpaired) electrons. The predicted molar refractivity (Wildman–Crippen MR) is 152 cm³/mol. The molecule has 0 aromatic rings. The van der Waals surface area contributed by atoms with Crippen molar-refractivity contribution >= 4 is 11.8 Å². The Morgan fingerprint density at radius 1 is 1.05 bits per heavy atom. The van der Waals surface area contributed by atoms with Crippen molar-refractivity contribution in [2.75, 3.05) is 27.7 Å². The number of allylic oxidation sites excluding steroid dienone is 1. The molecular weight excluding hydrogens is 458 g/mol. The summed E-state index contributed by atoms with van der Waals surface area (Å²) >= 11 is 0. The van der Waals surface area contributed by atoms with Gasteiger partial charge in [-0.15, -0.1) is 0 Å². The van der Waals surface area contributed by atoms with Crippen molar-refractivity contribution in [3.05, 3.63) is 11.6 Å². The van der Waals surface area contributed by atoms with Crippen molar-refractivity contribution < 1.29 is 9.59 Å². The smallest absolute Gasteiger partial charge is 0.245 e. The number of hydrogen-bond donors (Lipinski definition) is 0. The lowest BCUT2D eigenvalue weighted by molar-refractivity contribution is -0.146. The van der Waals surface area contributed by atoms with E-state index in [0.29, 0.717) is 10.8 Å². The van der Waals surface area contributed by atoms with Crippen LogP contribution in [-0.2, 0) is 9.59 Å². The van der Waals surface area contributed by atoms with Crippen LogP contribution >= 0.6 is 0 Å². The van der Waals surface area contributed by atoms with Crippen LogP contribution in [0, 0.1) is 40.4 Å². The van der Waals surface area contributed by atoms with Gasteiger partial charge in [0, 0.05) is 39.6 Å². The van der Waals surface area contributed by atoms with Gasteiger partial charge in [0.25, 0.3) is 0 Å². The van der Waals surface area contributed by atoms with E-state index < -0.39 is 0 Å². The molecule has 0 aromatic heterocycles. The molecule has 0 N–H and O–H groups in total. The fraction of sp³-hybridized carbons (Fsp3) is 0.875. The molecule has 1 heterocycles. The molecule has 5 nitrogen and oxygen atoms in total. The van der Waals surface area contributed by atoms with Gasteiger partial charge in [-0.1, -0.05) is 39.8 Å². The molecule has 210 valence electrons. The second-order valence-corrected chi connectivity index (χ2v) is 14.0. The number of carbonyl (C=O) groups is 2. The Hall–Kier alpha value is -1.36. The third-order valence-corrected chi connectivity index (χ3v) is 12.4. The summed E-state index contributed by atoms with van der Waals surface area (Å²) < 4.78 is 0. The van der Waals surface area contributed by atoms with Crippen molar-refractivity contribution in [1.29, 1.82) is 0 Å². The summed E-state index contributed by atoms with van der Waals surface area (Å²) in [6.45, 7) is 12.0. The summed E-state index contributed by atoms with van der Waals surface area (Å²) in [6, 6.07) is 0.601. The first-order valence-electron chi connectivity index (χ1n) is 14.8. The highest BCUT2D eigenvalue weighted by molar-refractivity contribution is 5.87. The second kappa shape index (κ2) is 9.99. The number of hydrogen-bond acceptors (Lipinski definition) is 3. The van der Waals surface area contributed by atoms with Crippen molar-refractivity contribution in [3.63, 3.8) is 0 Å². The highest BCUT2D eigenvalue weighted by Gasteiger charge is 2.64. The van der Waals surface area contributed by atoms with E-state index >= 15 is 0 Å². The Bertz CT molecular complexity index is 929. The third kappa shape index (κ3) is 4.21. The molecule has 5 rings (SSSR count). The average molecular weight is 514 g/mol. The number of nitrogens with zero attached hydrogens (tertiary/aromatic N) is 3. The Kier molecular flexibility index (Phi) is 7.73. The topological polar surface area (TPSA) is 43.9 Å². The van der Waals surface area contributed by atoms with Gasteiger partial charge in [-0.05, 0) is 106 Å². The van der Waals surface area contributed by atoms with Crippen LogP contribution in [0.4, 0.5) is 0 Å². The maximum absolute atomic E-state index is 13.6. The van der Waals surface area contributed by atoms with E-state index in [9.17, 15) is 9.59 Å². The summed E-state index contributed by atoms with van der Waals surface area (Å²) in [5.41, 5.74) is 2.51. The van der Waals surface area contributed by atoms with Crippen LogP contribution < -0.4 is 0 Å². The fourth-order valence-corrected chi connectivity index (χ4v) is 10.3. The molecule has 1 unspecified atom stereocenters. The van der Waals surface area contributed by atoms with Gasteiger partial charge in [-0.3, -0.25) is 9.59 Å². The first kappa shape index (κ1) is 28.6. The van der Waals surface area contributed by atoms with Crippen LogP contribution in [0.2, 0.25) is 0 Å². The first-order chi connectivity index (χ1) is 16.9. The maximum atomic E-state index is 13.6. The molecule has 3 saturated carbocycles. The van der Waals surface area contributed by atoms with Gasteiger partial charge >= 0.3 is 0 Å². The second-order valence-electron chi connectivity index (χ2n) is 14.0. The summed E-state index contributed by atoms with van der Waals surface area (Å²) in [7, 11) is 6.11. The lowest BCUT2D eigenvalue weighted by atomic mass is 9.47. The Morgan fingerprint density at radius 2 is 1.73 bits per heavy atom. The number of fused-ring (bicyclic) bond motifs is 4. The number of carbonyl (C=O) groups excluding carboxylic acids is 2. The molecule has 1 aliphatic heterocycles. The third-order valence-electron chi connectivity index (χ3n) is 12.4. The lowest BCUT2D eigenvalue weighted by Gasteiger charge is -2.58. The number of rotatable bonds is 4. The molecule has 5 aliphatic rings. The monoisotopic (exact) mass is 513 g/mol.